The number of halogens is 1. The SMILES string of the molecule is O=C(CSCc1ccccc1)N1CCOC(c2ccc(F)cc2)C1. The van der Waals surface area contributed by atoms with Crippen molar-refractivity contribution in [1.82, 2.24) is 4.90 Å². The normalized spacial score (nSPS) is 17.7. The second kappa shape index (κ2) is 8.31. The molecule has 1 aliphatic rings. The summed E-state index contributed by atoms with van der Waals surface area (Å²) >= 11 is 1.63. The van der Waals surface area contributed by atoms with Crippen molar-refractivity contribution in [2.45, 2.75) is 11.9 Å². The van der Waals surface area contributed by atoms with Gasteiger partial charge >= 0.3 is 0 Å². The highest BCUT2D eigenvalue weighted by Crippen LogP contribution is 2.23. The summed E-state index contributed by atoms with van der Waals surface area (Å²) in [5.74, 6) is 1.16. The highest BCUT2D eigenvalue weighted by Gasteiger charge is 2.25. The molecule has 1 atom stereocenters. The van der Waals surface area contributed by atoms with Crippen LogP contribution in [0.2, 0.25) is 0 Å². The zero-order valence-electron chi connectivity index (χ0n) is 13.4. The summed E-state index contributed by atoms with van der Waals surface area (Å²) in [5, 5.41) is 0. The number of hydrogen-bond acceptors (Lipinski definition) is 3. The van der Waals surface area contributed by atoms with Crippen molar-refractivity contribution in [2.24, 2.45) is 0 Å². The molecule has 2 aromatic rings. The molecule has 24 heavy (non-hydrogen) atoms. The summed E-state index contributed by atoms with van der Waals surface area (Å²) in [6, 6.07) is 16.4. The fraction of sp³-hybridized carbons (Fsp3) is 0.316. The smallest absolute Gasteiger partial charge is 0.232 e. The molecule has 0 saturated carbocycles. The Hall–Kier alpha value is -1.85. The van der Waals surface area contributed by atoms with E-state index in [1.54, 1.807) is 23.9 Å². The number of nitrogens with zero attached hydrogens (tertiary/aromatic N) is 1. The molecule has 1 amide bonds. The summed E-state index contributed by atoms with van der Waals surface area (Å²) in [5.41, 5.74) is 2.13. The van der Waals surface area contributed by atoms with Crippen LogP contribution in [0.3, 0.4) is 0 Å². The number of carbonyl (C=O) groups excluding carboxylic acids is 1. The third kappa shape index (κ3) is 4.58. The largest absolute Gasteiger partial charge is 0.370 e. The minimum Gasteiger partial charge on any atom is -0.370 e. The first-order valence-corrected chi connectivity index (χ1v) is 9.14. The second-order valence-electron chi connectivity index (χ2n) is 5.73. The standard InChI is InChI=1S/C19H20FNO2S/c20-17-8-6-16(7-9-17)18-12-21(10-11-23-18)19(22)14-24-13-15-4-2-1-3-5-15/h1-9,18H,10-14H2. The fourth-order valence-corrected chi connectivity index (χ4v) is 3.56. The number of benzene rings is 2. The Balaban J connectivity index is 1.50. The predicted octanol–water partition coefficient (Wildman–Crippen LogP) is 3.66. The van der Waals surface area contributed by atoms with Crippen LogP contribution in [0.5, 0.6) is 0 Å². The molecule has 126 valence electrons. The van der Waals surface area contributed by atoms with E-state index in [4.69, 9.17) is 4.74 Å². The van der Waals surface area contributed by atoms with E-state index in [1.165, 1.54) is 17.7 Å². The maximum absolute atomic E-state index is 13.0. The van der Waals surface area contributed by atoms with Crippen molar-refractivity contribution in [3.63, 3.8) is 0 Å². The zero-order chi connectivity index (χ0) is 16.8. The summed E-state index contributed by atoms with van der Waals surface area (Å²) in [4.78, 5) is 14.3. The number of morpholine rings is 1. The van der Waals surface area contributed by atoms with Crippen molar-refractivity contribution >= 4 is 17.7 Å². The van der Waals surface area contributed by atoms with Crippen molar-refractivity contribution in [1.29, 1.82) is 0 Å². The van der Waals surface area contributed by atoms with Gasteiger partial charge in [0.2, 0.25) is 5.91 Å². The van der Waals surface area contributed by atoms with Crippen LogP contribution in [0.25, 0.3) is 0 Å². The number of thioether (sulfide) groups is 1. The molecule has 0 N–H and O–H groups in total. The molecule has 3 nitrogen and oxygen atoms in total. The zero-order valence-corrected chi connectivity index (χ0v) is 14.2. The Morgan fingerprint density at radius 1 is 1.17 bits per heavy atom. The molecule has 3 rings (SSSR count). The monoisotopic (exact) mass is 345 g/mol. The van der Waals surface area contributed by atoms with Crippen LogP contribution in [-0.4, -0.2) is 36.3 Å². The first-order chi connectivity index (χ1) is 11.7. The molecule has 1 fully saturated rings. The van der Waals surface area contributed by atoms with Crippen LogP contribution < -0.4 is 0 Å². The highest BCUT2D eigenvalue weighted by molar-refractivity contribution is 7.99. The summed E-state index contributed by atoms with van der Waals surface area (Å²) < 4.78 is 18.8. The van der Waals surface area contributed by atoms with E-state index in [2.05, 4.69) is 12.1 Å². The van der Waals surface area contributed by atoms with E-state index >= 15 is 0 Å². The van der Waals surface area contributed by atoms with Gasteiger partial charge in [-0.05, 0) is 23.3 Å². The Morgan fingerprint density at radius 3 is 2.67 bits per heavy atom. The molecule has 1 saturated heterocycles. The van der Waals surface area contributed by atoms with Gasteiger partial charge in [0.05, 0.1) is 18.9 Å². The Kier molecular flexibility index (Phi) is 5.88. The Morgan fingerprint density at radius 2 is 1.92 bits per heavy atom. The van der Waals surface area contributed by atoms with Crippen molar-refractivity contribution in [2.75, 3.05) is 25.4 Å². The van der Waals surface area contributed by atoms with Crippen LogP contribution >= 0.6 is 11.8 Å². The highest BCUT2D eigenvalue weighted by atomic mass is 32.2. The van der Waals surface area contributed by atoms with Crippen molar-refractivity contribution < 1.29 is 13.9 Å². The number of carbonyl (C=O) groups is 1. The number of amides is 1. The van der Waals surface area contributed by atoms with E-state index in [0.717, 1.165) is 11.3 Å². The first kappa shape index (κ1) is 17.0. The van der Waals surface area contributed by atoms with Gasteiger partial charge in [-0.3, -0.25) is 4.79 Å². The van der Waals surface area contributed by atoms with E-state index < -0.39 is 0 Å². The van der Waals surface area contributed by atoms with Gasteiger partial charge in [0.1, 0.15) is 11.9 Å². The number of rotatable bonds is 5. The Bertz CT molecular complexity index is 663. The summed E-state index contributed by atoms with van der Waals surface area (Å²) in [7, 11) is 0. The molecule has 2 aromatic carbocycles. The predicted molar refractivity (Wildman–Crippen MR) is 94.3 cm³/mol. The van der Waals surface area contributed by atoms with Gasteiger partial charge < -0.3 is 9.64 Å². The second-order valence-corrected chi connectivity index (χ2v) is 6.71. The lowest BCUT2D eigenvalue weighted by atomic mass is 10.1. The van der Waals surface area contributed by atoms with Crippen molar-refractivity contribution in [3.8, 4) is 0 Å². The third-order valence-electron chi connectivity index (χ3n) is 4.00. The first-order valence-electron chi connectivity index (χ1n) is 7.99. The average Bonchev–Trinajstić information content (AvgIpc) is 2.63. The van der Waals surface area contributed by atoms with E-state index in [0.29, 0.717) is 25.4 Å². The van der Waals surface area contributed by atoms with Crippen molar-refractivity contribution in [3.05, 3.63) is 71.5 Å². The van der Waals surface area contributed by atoms with E-state index in [1.807, 2.05) is 23.1 Å². The average molecular weight is 345 g/mol. The molecule has 0 spiro atoms. The third-order valence-corrected chi connectivity index (χ3v) is 4.99. The van der Waals surface area contributed by atoms with Gasteiger partial charge in [-0.15, -0.1) is 11.8 Å². The lowest BCUT2D eigenvalue weighted by Gasteiger charge is -2.33. The minimum absolute atomic E-state index is 0.131. The molecule has 0 aliphatic carbocycles. The van der Waals surface area contributed by atoms with Crippen LogP contribution in [0, 0.1) is 5.82 Å². The topological polar surface area (TPSA) is 29.5 Å². The molecule has 1 aliphatic heterocycles. The molecular weight excluding hydrogens is 325 g/mol. The maximum Gasteiger partial charge on any atom is 0.232 e. The molecule has 1 heterocycles. The maximum atomic E-state index is 13.0. The summed E-state index contributed by atoms with van der Waals surface area (Å²) in [6.45, 7) is 1.65. The molecule has 1 unspecified atom stereocenters. The van der Waals surface area contributed by atoms with Gasteiger partial charge in [-0.25, -0.2) is 4.39 Å². The number of ether oxygens (including phenoxy) is 1. The van der Waals surface area contributed by atoms with Crippen LogP contribution in [-0.2, 0) is 15.3 Å². The van der Waals surface area contributed by atoms with Gasteiger partial charge in [0.15, 0.2) is 0 Å². The lowest BCUT2D eigenvalue weighted by Crippen LogP contribution is -2.43. The van der Waals surface area contributed by atoms with Crippen LogP contribution in [0.4, 0.5) is 4.39 Å². The van der Waals surface area contributed by atoms with Crippen LogP contribution in [0.15, 0.2) is 54.6 Å². The quantitative estimate of drug-likeness (QED) is 0.828. The van der Waals surface area contributed by atoms with E-state index in [9.17, 15) is 9.18 Å². The van der Waals surface area contributed by atoms with E-state index in [-0.39, 0.29) is 17.8 Å². The van der Waals surface area contributed by atoms with Gasteiger partial charge in [-0.1, -0.05) is 42.5 Å². The fourth-order valence-electron chi connectivity index (χ4n) is 2.68. The summed E-state index contributed by atoms with van der Waals surface area (Å²) in [6.07, 6.45) is -0.178. The lowest BCUT2D eigenvalue weighted by molar-refractivity contribution is -0.136. The molecule has 0 radical (unpaired) electrons. The molecule has 0 bridgehead atoms. The van der Waals surface area contributed by atoms with Gasteiger partial charge in [0.25, 0.3) is 0 Å². The molecule has 5 heteroatoms. The molecular formula is C19H20FNO2S. The van der Waals surface area contributed by atoms with Gasteiger partial charge in [-0.2, -0.15) is 0 Å². The Labute approximate surface area is 145 Å². The minimum atomic E-state index is -0.264. The molecule has 0 aromatic heterocycles. The van der Waals surface area contributed by atoms with Crippen LogP contribution in [0.1, 0.15) is 17.2 Å². The van der Waals surface area contributed by atoms with Gasteiger partial charge in [0, 0.05) is 12.3 Å². The number of hydrogen-bond donors (Lipinski definition) is 0.